The van der Waals surface area contributed by atoms with Crippen molar-refractivity contribution in [2.24, 2.45) is 4.99 Å². The van der Waals surface area contributed by atoms with Crippen molar-refractivity contribution in [3.05, 3.63) is 45.8 Å². The van der Waals surface area contributed by atoms with E-state index in [2.05, 4.69) is 20.8 Å². The Morgan fingerprint density at radius 2 is 2.04 bits per heavy atom. The first-order valence-electron chi connectivity index (χ1n) is 7.23. The van der Waals surface area contributed by atoms with Crippen molar-refractivity contribution < 1.29 is 9.26 Å². The summed E-state index contributed by atoms with van der Waals surface area (Å²) >= 11 is 6.04. The summed E-state index contributed by atoms with van der Waals surface area (Å²) < 4.78 is 10.5. The zero-order valence-electron chi connectivity index (χ0n) is 13.7. The number of guanidine groups is 1. The Bertz CT molecular complexity index is 678. The Morgan fingerprint density at radius 1 is 1.30 bits per heavy atom. The van der Waals surface area contributed by atoms with Crippen molar-refractivity contribution in [1.29, 1.82) is 0 Å². The van der Waals surface area contributed by atoms with Gasteiger partial charge in [0.25, 0.3) is 0 Å². The van der Waals surface area contributed by atoms with E-state index >= 15 is 0 Å². The summed E-state index contributed by atoms with van der Waals surface area (Å²) in [5.41, 5.74) is 2.87. The highest BCUT2D eigenvalue weighted by atomic mass is 35.5. The summed E-state index contributed by atoms with van der Waals surface area (Å²) in [5.74, 6) is 2.26. The van der Waals surface area contributed by atoms with E-state index in [-0.39, 0.29) is 0 Å². The third-order valence-electron chi connectivity index (χ3n) is 3.53. The number of halogens is 1. The van der Waals surface area contributed by atoms with Gasteiger partial charge in [-0.25, -0.2) is 0 Å². The topological polar surface area (TPSA) is 71.7 Å². The van der Waals surface area contributed by atoms with Crippen molar-refractivity contribution in [2.75, 3.05) is 14.2 Å². The number of aryl methyl sites for hydroxylation is 2. The molecule has 1 heterocycles. The summed E-state index contributed by atoms with van der Waals surface area (Å²) in [6, 6.07) is 5.52. The van der Waals surface area contributed by atoms with E-state index in [9.17, 15) is 0 Å². The second-order valence-corrected chi connectivity index (χ2v) is 5.47. The highest BCUT2D eigenvalue weighted by molar-refractivity contribution is 6.30. The third-order valence-corrected chi connectivity index (χ3v) is 3.76. The Labute approximate surface area is 140 Å². The first kappa shape index (κ1) is 17.1. The van der Waals surface area contributed by atoms with Gasteiger partial charge in [-0.2, -0.15) is 0 Å². The second kappa shape index (κ2) is 7.87. The molecule has 0 fully saturated rings. The molecule has 6 nitrogen and oxygen atoms in total. The Hall–Kier alpha value is -2.21. The molecule has 2 rings (SSSR count). The highest BCUT2D eigenvalue weighted by Crippen LogP contribution is 2.22. The molecule has 0 aliphatic rings. The van der Waals surface area contributed by atoms with Crippen LogP contribution in [0.2, 0.25) is 5.02 Å². The first-order chi connectivity index (χ1) is 11.0. The van der Waals surface area contributed by atoms with Crippen LogP contribution in [-0.4, -0.2) is 25.3 Å². The number of nitrogens with zero attached hydrogens (tertiary/aromatic N) is 2. The van der Waals surface area contributed by atoms with Gasteiger partial charge in [0.1, 0.15) is 11.5 Å². The van der Waals surface area contributed by atoms with Gasteiger partial charge in [-0.3, -0.25) is 4.99 Å². The van der Waals surface area contributed by atoms with E-state index in [4.69, 9.17) is 20.9 Å². The van der Waals surface area contributed by atoms with Crippen LogP contribution in [0.4, 0.5) is 0 Å². The van der Waals surface area contributed by atoms with Crippen molar-refractivity contribution in [3.8, 4) is 5.75 Å². The molecule has 0 saturated heterocycles. The maximum atomic E-state index is 6.04. The molecule has 0 atom stereocenters. The standard InChI is InChI=1S/C16H21ClN4O2/c1-10-14(11(2)23-21-10)9-20-16(18-3)19-8-12-7-13(17)5-6-15(12)22-4/h5-7H,8-9H2,1-4H3,(H2,18,19,20). The van der Waals surface area contributed by atoms with Crippen LogP contribution in [0.15, 0.2) is 27.7 Å². The van der Waals surface area contributed by atoms with Crippen LogP contribution < -0.4 is 15.4 Å². The lowest BCUT2D eigenvalue weighted by atomic mass is 10.2. The van der Waals surface area contributed by atoms with Crippen LogP contribution in [0.5, 0.6) is 5.75 Å². The number of hydrogen-bond donors (Lipinski definition) is 2. The summed E-state index contributed by atoms with van der Waals surface area (Å²) in [7, 11) is 3.36. The largest absolute Gasteiger partial charge is 0.496 e. The fourth-order valence-corrected chi connectivity index (χ4v) is 2.41. The highest BCUT2D eigenvalue weighted by Gasteiger charge is 2.10. The van der Waals surface area contributed by atoms with E-state index in [0.717, 1.165) is 28.3 Å². The molecule has 0 amide bonds. The van der Waals surface area contributed by atoms with Gasteiger partial charge in [-0.1, -0.05) is 16.8 Å². The predicted octanol–water partition coefficient (Wildman–Crippen LogP) is 2.82. The van der Waals surface area contributed by atoms with E-state index in [0.29, 0.717) is 24.1 Å². The molecule has 2 N–H and O–H groups in total. The molecule has 1 aromatic heterocycles. The predicted molar refractivity (Wildman–Crippen MR) is 91.0 cm³/mol. The molecule has 0 aliphatic heterocycles. The lowest BCUT2D eigenvalue weighted by Gasteiger charge is -2.14. The lowest BCUT2D eigenvalue weighted by molar-refractivity contribution is 0.392. The molecule has 0 saturated carbocycles. The number of ether oxygens (including phenoxy) is 1. The summed E-state index contributed by atoms with van der Waals surface area (Å²) in [5, 5.41) is 11.1. The number of benzene rings is 1. The van der Waals surface area contributed by atoms with Crippen molar-refractivity contribution in [3.63, 3.8) is 0 Å². The number of aromatic nitrogens is 1. The van der Waals surface area contributed by atoms with Gasteiger partial charge < -0.3 is 19.9 Å². The van der Waals surface area contributed by atoms with E-state index in [1.54, 1.807) is 20.2 Å². The van der Waals surface area contributed by atoms with Crippen LogP contribution in [0.3, 0.4) is 0 Å². The maximum Gasteiger partial charge on any atom is 0.191 e. The van der Waals surface area contributed by atoms with E-state index < -0.39 is 0 Å². The fourth-order valence-electron chi connectivity index (χ4n) is 2.21. The number of methoxy groups -OCH3 is 1. The monoisotopic (exact) mass is 336 g/mol. The van der Waals surface area contributed by atoms with Crippen molar-refractivity contribution in [1.82, 2.24) is 15.8 Å². The van der Waals surface area contributed by atoms with Crippen LogP contribution in [0.1, 0.15) is 22.6 Å². The van der Waals surface area contributed by atoms with E-state index in [1.807, 2.05) is 26.0 Å². The van der Waals surface area contributed by atoms with Crippen LogP contribution in [0.25, 0.3) is 0 Å². The average Bonchev–Trinajstić information content (AvgIpc) is 2.86. The number of hydrogen-bond acceptors (Lipinski definition) is 4. The quantitative estimate of drug-likeness (QED) is 0.649. The zero-order chi connectivity index (χ0) is 16.8. The maximum absolute atomic E-state index is 6.04. The minimum Gasteiger partial charge on any atom is -0.496 e. The minimum absolute atomic E-state index is 0.547. The number of rotatable bonds is 5. The lowest BCUT2D eigenvalue weighted by Crippen LogP contribution is -2.36. The fraction of sp³-hybridized carbons (Fsp3) is 0.375. The Balaban J connectivity index is 1.97. The van der Waals surface area contributed by atoms with Crippen LogP contribution in [-0.2, 0) is 13.1 Å². The zero-order valence-corrected chi connectivity index (χ0v) is 14.5. The summed E-state index contributed by atoms with van der Waals surface area (Å²) in [6.07, 6.45) is 0. The Morgan fingerprint density at radius 3 is 2.65 bits per heavy atom. The normalized spacial score (nSPS) is 11.4. The first-order valence-corrected chi connectivity index (χ1v) is 7.61. The second-order valence-electron chi connectivity index (χ2n) is 5.04. The Kier molecular flexibility index (Phi) is 5.87. The molecule has 0 unspecified atom stereocenters. The molecule has 0 aliphatic carbocycles. The van der Waals surface area contributed by atoms with Crippen LogP contribution >= 0.6 is 11.6 Å². The molecule has 124 valence electrons. The molecule has 23 heavy (non-hydrogen) atoms. The molecule has 1 aromatic carbocycles. The third kappa shape index (κ3) is 4.39. The molecular weight excluding hydrogens is 316 g/mol. The summed E-state index contributed by atoms with van der Waals surface area (Å²) in [4.78, 5) is 4.21. The average molecular weight is 337 g/mol. The van der Waals surface area contributed by atoms with Gasteiger partial charge in [0.2, 0.25) is 0 Å². The number of nitrogens with one attached hydrogen (secondary N) is 2. The van der Waals surface area contributed by atoms with Crippen molar-refractivity contribution >= 4 is 17.6 Å². The summed E-state index contributed by atoms with van der Waals surface area (Å²) in [6.45, 7) is 4.95. The van der Waals surface area contributed by atoms with Crippen LogP contribution in [0, 0.1) is 13.8 Å². The number of aliphatic imine (C=N–C) groups is 1. The molecular formula is C16H21ClN4O2. The van der Waals surface area contributed by atoms with Gasteiger partial charge >= 0.3 is 0 Å². The molecule has 2 aromatic rings. The molecule has 7 heteroatoms. The van der Waals surface area contributed by atoms with E-state index in [1.165, 1.54) is 0 Å². The molecule has 0 radical (unpaired) electrons. The minimum atomic E-state index is 0.547. The SMILES string of the molecule is CN=C(NCc1cc(Cl)ccc1OC)NCc1c(C)noc1C. The van der Waals surface area contributed by atoms with Gasteiger partial charge in [0.15, 0.2) is 5.96 Å². The van der Waals surface area contributed by atoms with Gasteiger partial charge in [0.05, 0.1) is 12.8 Å². The smallest absolute Gasteiger partial charge is 0.191 e. The van der Waals surface area contributed by atoms with Gasteiger partial charge in [-0.15, -0.1) is 0 Å². The van der Waals surface area contributed by atoms with Gasteiger partial charge in [-0.05, 0) is 32.0 Å². The molecule has 0 spiro atoms. The van der Waals surface area contributed by atoms with Gasteiger partial charge in [0, 0.05) is 36.3 Å². The van der Waals surface area contributed by atoms with Crippen molar-refractivity contribution in [2.45, 2.75) is 26.9 Å². The molecule has 0 bridgehead atoms.